The second kappa shape index (κ2) is 7.69. The lowest BCUT2D eigenvalue weighted by Crippen LogP contribution is -2.27. The number of rotatable bonds is 5. The van der Waals surface area contributed by atoms with Crippen molar-refractivity contribution in [1.82, 2.24) is 4.31 Å². The van der Waals surface area contributed by atoms with Gasteiger partial charge in [-0.2, -0.15) is 17.5 Å². The molecule has 5 nitrogen and oxygen atoms in total. The number of esters is 1. The normalized spacial score (nSPS) is 12.3. The zero-order chi connectivity index (χ0) is 20.4. The van der Waals surface area contributed by atoms with Gasteiger partial charge in [0, 0.05) is 13.6 Å². The minimum atomic E-state index is -4.45. The summed E-state index contributed by atoms with van der Waals surface area (Å²) in [4.78, 5) is 11.5. The average Bonchev–Trinajstić information content (AvgIpc) is 2.60. The second-order valence-corrected chi connectivity index (χ2v) is 7.94. The maximum Gasteiger partial charge on any atom is 0.416 e. The number of benzene rings is 2. The van der Waals surface area contributed by atoms with Gasteiger partial charge in [0.05, 0.1) is 23.1 Å². The van der Waals surface area contributed by atoms with E-state index in [1.165, 1.54) is 44.5 Å². The van der Waals surface area contributed by atoms with Crippen molar-refractivity contribution in [3.05, 3.63) is 64.7 Å². The quantitative estimate of drug-likeness (QED) is 0.718. The highest BCUT2D eigenvalue weighted by atomic mass is 32.2. The Balaban J connectivity index is 2.25. The van der Waals surface area contributed by atoms with Gasteiger partial charge in [0.2, 0.25) is 10.0 Å². The summed E-state index contributed by atoms with van der Waals surface area (Å²) in [5.74, 6) is -0.583. The Morgan fingerprint density at radius 1 is 1.11 bits per heavy atom. The topological polar surface area (TPSA) is 63.7 Å². The first-order chi connectivity index (χ1) is 12.5. The van der Waals surface area contributed by atoms with Gasteiger partial charge in [-0.25, -0.2) is 13.2 Å². The zero-order valence-corrected chi connectivity index (χ0v) is 15.7. The molecule has 0 bridgehead atoms. The van der Waals surface area contributed by atoms with Crippen molar-refractivity contribution in [2.45, 2.75) is 24.5 Å². The van der Waals surface area contributed by atoms with E-state index in [-0.39, 0.29) is 17.0 Å². The SMILES string of the molecule is COC(=O)c1ccc(S(=O)(=O)N(C)Cc2ccc(C(F)(F)F)cc2)c(C)c1. The Morgan fingerprint density at radius 3 is 2.19 bits per heavy atom. The number of aryl methyl sites for hydroxylation is 1. The fourth-order valence-corrected chi connectivity index (χ4v) is 3.85. The van der Waals surface area contributed by atoms with Gasteiger partial charge in [0.1, 0.15) is 0 Å². The Morgan fingerprint density at radius 2 is 1.70 bits per heavy atom. The van der Waals surface area contributed by atoms with Crippen LogP contribution in [0.25, 0.3) is 0 Å². The van der Waals surface area contributed by atoms with Crippen LogP contribution in [0.2, 0.25) is 0 Å². The summed E-state index contributed by atoms with van der Waals surface area (Å²) in [5, 5.41) is 0. The summed E-state index contributed by atoms with van der Waals surface area (Å²) >= 11 is 0. The van der Waals surface area contributed by atoms with Crippen molar-refractivity contribution in [2.24, 2.45) is 0 Å². The van der Waals surface area contributed by atoms with Crippen molar-refractivity contribution in [3.8, 4) is 0 Å². The first-order valence-corrected chi connectivity index (χ1v) is 9.22. The van der Waals surface area contributed by atoms with E-state index in [0.29, 0.717) is 11.1 Å². The number of ether oxygens (including phenoxy) is 1. The van der Waals surface area contributed by atoms with Crippen LogP contribution in [-0.2, 0) is 27.5 Å². The van der Waals surface area contributed by atoms with Crippen LogP contribution in [0.1, 0.15) is 27.0 Å². The van der Waals surface area contributed by atoms with Crippen molar-refractivity contribution in [1.29, 1.82) is 0 Å². The molecule has 0 aliphatic heterocycles. The molecule has 146 valence electrons. The van der Waals surface area contributed by atoms with Gasteiger partial charge in [-0.05, 0) is 48.4 Å². The molecule has 0 heterocycles. The number of carbonyl (C=O) groups excluding carboxylic acids is 1. The molecule has 0 aliphatic carbocycles. The lowest BCUT2D eigenvalue weighted by Gasteiger charge is -2.19. The van der Waals surface area contributed by atoms with Gasteiger partial charge in [-0.3, -0.25) is 0 Å². The number of hydrogen-bond acceptors (Lipinski definition) is 4. The second-order valence-electron chi connectivity index (χ2n) is 5.93. The molecule has 2 rings (SSSR count). The molecule has 2 aromatic carbocycles. The Bertz CT molecular complexity index is 938. The highest BCUT2D eigenvalue weighted by Crippen LogP contribution is 2.29. The van der Waals surface area contributed by atoms with Crippen LogP contribution in [0.3, 0.4) is 0 Å². The summed E-state index contributed by atoms with van der Waals surface area (Å²) in [7, 11) is -1.34. The maximum absolute atomic E-state index is 12.8. The molecule has 27 heavy (non-hydrogen) atoms. The van der Waals surface area contributed by atoms with E-state index < -0.39 is 27.7 Å². The summed E-state index contributed by atoms with van der Waals surface area (Å²) < 4.78 is 69.0. The van der Waals surface area contributed by atoms with Gasteiger partial charge in [-0.15, -0.1) is 0 Å². The standard InChI is InChI=1S/C18H18F3NO4S/c1-12-10-14(17(23)26-3)6-9-16(12)27(24,25)22(2)11-13-4-7-15(8-5-13)18(19,20)21/h4-10H,11H2,1-3H3. The molecule has 2 aromatic rings. The van der Waals surface area contributed by atoms with Gasteiger partial charge in [0.15, 0.2) is 0 Å². The van der Waals surface area contributed by atoms with Gasteiger partial charge < -0.3 is 4.74 Å². The van der Waals surface area contributed by atoms with Crippen molar-refractivity contribution in [2.75, 3.05) is 14.2 Å². The van der Waals surface area contributed by atoms with Crippen LogP contribution in [0.15, 0.2) is 47.4 Å². The Kier molecular flexibility index (Phi) is 5.96. The zero-order valence-electron chi connectivity index (χ0n) is 14.9. The van der Waals surface area contributed by atoms with E-state index in [1.54, 1.807) is 6.92 Å². The predicted octanol–water partition coefficient (Wildman–Crippen LogP) is 3.62. The number of halogens is 3. The highest BCUT2D eigenvalue weighted by Gasteiger charge is 2.30. The Hall–Kier alpha value is -2.39. The van der Waals surface area contributed by atoms with Crippen LogP contribution in [0, 0.1) is 6.92 Å². The first kappa shape index (κ1) is 20.9. The number of carbonyl (C=O) groups is 1. The molecule has 0 amide bonds. The Labute approximate surface area is 155 Å². The highest BCUT2D eigenvalue weighted by molar-refractivity contribution is 7.89. The molecule has 0 atom stereocenters. The van der Waals surface area contributed by atoms with Crippen molar-refractivity contribution < 1.29 is 31.1 Å². The minimum absolute atomic E-state index is 0.00423. The third kappa shape index (κ3) is 4.67. The fraction of sp³-hybridized carbons (Fsp3) is 0.278. The number of hydrogen-bond donors (Lipinski definition) is 0. The van der Waals surface area contributed by atoms with E-state index in [0.717, 1.165) is 16.4 Å². The third-order valence-corrected chi connectivity index (χ3v) is 5.93. The average molecular weight is 401 g/mol. The van der Waals surface area contributed by atoms with Crippen LogP contribution >= 0.6 is 0 Å². The molecular formula is C18H18F3NO4S. The van der Waals surface area contributed by atoms with Gasteiger partial charge >= 0.3 is 12.1 Å². The lowest BCUT2D eigenvalue weighted by atomic mass is 10.1. The van der Waals surface area contributed by atoms with E-state index in [2.05, 4.69) is 4.74 Å². The molecule has 0 aliphatic rings. The van der Waals surface area contributed by atoms with E-state index in [1.807, 2.05) is 0 Å². The molecular weight excluding hydrogens is 383 g/mol. The fourth-order valence-electron chi connectivity index (χ4n) is 2.49. The molecule has 0 fully saturated rings. The lowest BCUT2D eigenvalue weighted by molar-refractivity contribution is -0.137. The monoisotopic (exact) mass is 401 g/mol. The molecule has 0 unspecified atom stereocenters. The number of sulfonamides is 1. The van der Waals surface area contributed by atoms with E-state index >= 15 is 0 Å². The summed E-state index contributed by atoms with van der Waals surface area (Å²) in [5.41, 5.74) is 0.195. The van der Waals surface area contributed by atoms with Crippen LogP contribution < -0.4 is 0 Å². The van der Waals surface area contributed by atoms with Crippen LogP contribution in [0.5, 0.6) is 0 Å². The molecule has 0 radical (unpaired) electrons. The molecule has 0 spiro atoms. The summed E-state index contributed by atoms with van der Waals surface area (Å²) in [6.07, 6.45) is -4.45. The number of alkyl halides is 3. The van der Waals surface area contributed by atoms with E-state index in [9.17, 15) is 26.4 Å². The predicted molar refractivity (Wildman–Crippen MR) is 92.6 cm³/mol. The minimum Gasteiger partial charge on any atom is -0.465 e. The molecule has 0 saturated carbocycles. The van der Waals surface area contributed by atoms with Crippen LogP contribution in [0.4, 0.5) is 13.2 Å². The van der Waals surface area contributed by atoms with Crippen molar-refractivity contribution >= 4 is 16.0 Å². The number of nitrogens with zero attached hydrogens (tertiary/aromatic N) is 1. The molecule has 0 saturated heterocycles. The van der Waals surface area contributed by atoms with Crippen molar-refractivity contribution in [3.63, 3.8) is 0 Å². The number of methoxy groups -OCH3 is 1. The van der Waals surface area contributed by atoms with Gasteiger partial charge in [-0.1, -0.05) is 12.1 Å². The smallest absolute Gasteiger partial charge is 0.416 e. The summed E-state index contributed by atoms with van der Waals surface area (Å²) in [6.45, 7) is 1.45. The largest absolute Gasteiger partial charge is 0.465 e. The molecule has 0 N–H and O–H groups in total. The third-order valence-electron chi connectivity index (χ3n) is 3.97. The summed E-state index contributed by atoms with van der Waals surface area (Å²) in [6, 6.07) is 8.35. The molecule has 9 heteroatoms. The van der Waals surface area contributed by atoms with Crippen LogP contribution in [-0.4, -0.2) is 32.8 Å². The van der Waals surface area contributed by atoms with E-state index in [4.69, 9.17) is 0 Å². The van der Waals surface area contributed by atoms with Gasteiger partial charge in [0.25, 0.3) is 0 Å². The molecule has 0 aromatic heterocycles. The first-order valence-electron chi connectivity index (χ1n) is 7.78. The maximum atomic E-state index is 12.8.